The first kappa shape index (κ1) is 27.5. The molecule has 0 spiro atoms. The Labute approximate surface area is 218 Å². The van der Waals surface area contributed by atoms with E-state index in [9.17, 15) is 33.8 Å². The number of carbonyl (C=O) groups excluding carboxylic acids is 2. The van der Waals surface area contributed by atoms with Crippen molar-refractivity contribution in [2.45, 2.75) is 18.6 Å². The van der Waals surface area contributed by atoms with Gasteiger partial charge in [0.05, 0.1) is 18.0 Å². The van der Waals surface area contributed by atoms with Gasteiger partial charge in [-0.15, -0.1) is 0 Å². The number of pyridine rings is 1. The summed E-state index contributed by atoms with van der Waals surface area (Å²) in [6.07, 6.45) is -1.98. The molecule has 2 atom stereocenters. The molecule has 2 aliphatic heterocycles. The molecule has 5 N–H and O–H groups in total. The number of aliphatic hydroxyl groups excluding tert-OH is 1. The topological polar surface area (TPSA) is 184 Å². The summed E-state index contributed by atoms with van der Waals surface area (Å²) in [5.74, 6) is -1.51. The number of carboxylic acid groups (broad SMARTS) is 1. The first-order valence-electron chi connectivity index (χ1n) is 12.1. The van der Waals surface area contributed by atoms with Crippen LogP contribution < -0.4 is 10.2 Å². The number of carbonyl (C=O) groups is 3. The highest BCUT2D eigenvalue weighted by Gasteiger charge is 2.35. The largest absolute Gasteiger partial charge is 0.465 e. The molecule has 4 rings (SSSR count). The zero-order chi connectivity index (χ0) is 27.4. The maximum Gasteiger partial charge on any atom is 0.407 e. The molecule has 38 heavy (non-hydrogen) atoms. The molecule has 2 aromatic rings. The minimum absolute atomic E-state index is 0.0296. The highest BCUT2D eigenvalue weighted by Crippen LogP contribution is 2.35. The van der Waals surface area contributed by atoms with Crippen LogP contribution in [0.5, 0.6) is 0 Å². The SMILES string of the molecule is O=C(N[C@@H](CP(=O)(O)O)C(=O)N1CCN(C(=O)O)CC1)c1cc(N2CC[C@@H](O)C2)cc(-c2ccccc2)n1. The summed E-state index contributed by atoms with van der Waals surface area (Å²) in [7, 11) is -4.72. The Balaban J connectivity index is 1.60. The number of nitrogens with one attached hydrogen (secondary N) is 1. The smallest absolute Gasteiger partial charge is 0.407 e. The summed E-state index contributed by atoms with van der Waals surface area (Å²) in [4.78, 5) is 65.6. The number of rotatable bonds is 7. The maximum atomic E-state index is 13.3. The first-order valence-corrected chi connectivity index (χ1v) is 13.9. The van der Waals surface area contributed by atoms with E-state index in [1.807, 2.05) is 35.2 Å². The highest BCUT2D eigenvalue weighted by molar-refractivity contribution is 7.51. The summed E-state index contributed by atoms with van der Waals surface area (Å²) in [6.45, 7) is 1.10. The molecule has 2 fully saturated rings. The van der Waals surface area contributed by atoms with E-state index in [0.717, 1.165) is 10.5 Å². The molecule has 0 unspecified atom stereocenters. The Morgan fingerprint density at radius 2 is 1.68 bits per heavy atom. The van der Waals surface area contributed by atoms with Crippen LogP contribution in [0.25, 0.3) is 11.3 Å². The number of nitrogens with zero attached hydrogens (tertiary/aromatic N) is 4. The molecule has 0 radical (unpaired) electrons. The van der Waals surface area contributed by atoms with Gasteiger partial charge in [-0.3, -0.25) is 14.2 Å². The van der Waals surface area contributed by atoms with Crippen molar-refractivity contribution in [3.8, 4) is 11.3 Å². The quantitative estimate of drug-likeness (QED) is 0.304. The third-order valence-corrected chi connectivity index (χ3v) is 7.37. The molecule has 1 aromatic carbocycles. The maximum absolute atomic E-state index is 13.3. The van der Waals surface area contributed by atoms with Crippen molar-refractivity contribution in [2.75, 3.05) is 50.3 Å². The first-order chi connectivity index (χ1) is 18.0. The van der Waals surface area contributed by atoms with E-state index in [1.54, 1.807) is 6.07 Å². The lowest BCUT2D eigenvalue weighted by atomic mass is 10.1. The van der Waals surface area contributed by atoms with Crippen LogP contribution in [0.15, 0.2) is 42.5 Å². The van der Waals surface area contributed by atoms with Crippen LogP contribution in [0.3, 0.4) is 0 Å². The fourth-order valence-corrected chi connectivity index (χ4v) is 5.27. The Morgan fingerprint density at radius 1 is 1.03 bits per heavy atom. The average molecular weight is 548 g/mol. The van der Waals surface area contributed by atoms with Gasteiger partial charge in [-0.05, 0) is 18.6 Å². The van der Waals surface area contributed by atoms with Crippen molar-refractivity contribution in [3.63, 3.8) is 0 Å². The summed E-state index contributed by atoms with van der Waals surface area (Å²) in [5.41, 5.74) is 1.81. The molecular formula is C24H30N5O8P. The lowest BCUT2D eigenvalue weighted by molar-refractivity contribution is -0.134. The predicted molar refractivity (Wildman–Crippen MR) is 137 cm³/mol. The Morgan fingerprint density at radius 3 is 2.26 bits per heavy atom. The molecule has 3 heterocycles. The standard InChI is InChI=1S/C24H30N5O8P/c30-18-6-7-29(14-18)17-12-19(16-4-2-1-3-5-16)25-20(13-17)22(31)26-21(15-38(35,36)37)23(32)27-8-10-28(11-9-27)24(33)34/h1-5,12-13,18,21,30H,6-11,14-15H2,(H,26,31)(H,33,34)(H2,35,36,37)/t18-,21+/m1/s1. The molecule has 14 heteroatoms. The van der Waals surface area contributed by atoms with Crippen LogP contribution in [0.4, 0.5) is 10.5 Å². The number of anilines is 1. The van der Waals surface area contributed by atoms with Gasteiger partial charge in [-0.2, -0.15) is 0 Å². The van der Waals surface area contributed by atoms with Gasteiger partial charge in [0.15, 0.2) is 0 Å². The van der Waals surface area contributed by atoms with Crippen LogP contribution >= 0.6 is 7.60 Å². The van der Waals surface area contributed by atoms with Gasteiger partial charge in [0.1, 0.15) is 11.7 Å². The lowest BCUT2D eigenvalue weighted by Gasteiger charge is -2.35. The zero-order valence-electron chi connectivity index (χ0n) is 20.5. The Bertz CT molecular complexity index is 1230. The van der Waals surface area contributed by atoms with Gasteiger partial charge in [0.2, 0.25) is 5.91 Å². The minimum atomic E-state index is -4.72. The Kier molecular flexibility index (Phi) is 8.32. The van der Waals surface area contributed by atoms with E-state index in [0.29, 0.717) is 30.9 Å². The molecule has 0 saturated carbocycles. The molecule has 204 valence electrons. The molecule has 0 aliphatic carbocycles. The highest BCUT2D eigenvalue weighted by atomic mass is 31.2. The normalized spacial score (nSPS) is 18.8. The third kappa shape index (κ3) is 6.87. The van der Waals surface area contributed by atoms with E-state index < -0.39 is 43.8 Å². The van der Waals surface area contributed by atoms with E-state index in [2.05, 4.69) is 10.3 Å². The predicted octanol–water partition coefficient (Wildman–Crippen LogP) is 0.418. The van der Waals surface area contributed by atoms with E-state index in [1.165, 1.54) is 11.0 Å². The molecular weight excluding hydrogens is 517 g/mol. The summed E-state index contributed by atoms with van der Waals surface area (Å²) >= 11 is 0. The van der Waals surface area contributed by atoms with Crippen molar-refractivity contribution in [1.82, 2.24) is 20.1 Å². The molecule has 0 bridgehead atoms. The van der Waals surface area contributed by atoms with E-state index in [-0.39, 0.29) is 31.9 Å². The fourth-order valence-electron chi connectivity index (χ4n) is 4.54. The van der Waals surface area contributed by atoms with Crippen molar-refractivity contribution in [1.29, 1.82) is 0 Å². The number of piperazine rings is 1. The molecule has 2 saturated heterocycles. The number of β-amino-alcohol motifs (C(OH)–C–C–N with tert-alkyl or cyclic N) is 1. The van der Waals surface area contributed by atoms with Crippen LogP contribution in [-0.2, 0) is 9.36 Å². The number of hydrogen-bond donors (Lipinski definition) is 5. The van der Waals surface area contributed by atoms with Crippen molar-refractivity contribution in [3.05, 3.63) is 48.2 Å². The third-order valence-electron chi connectivity index (χ3n) is 6.53. The summed E-state index contributed by atoms with van der Waals surface area (Å²) in [6, 6.07) is 10.9. The second-order valence-corrected chi connectivity index (χ2v) is 11.0. The fraction of sp³-hybridized carbons (Fsp3) is 0.417. The molecule has 1 aromatic heterocycles. The van der Waals surface area contributed by atoms with Gasteiger partial charge < -0.3 is 40.0 Å². The van der Waals surface area contributed by atoms with Gasteiger partial charge in [-0.25, -0.2) is 9.78 Å². The number of benzene rings is 1. The van der Waals surface area contributed by atoms with E-state index >= 15 is 0 Å². The van der Waals surface area contributed by atoms with Crippen molar-refractivity contribution < 1.29 is 38.9 Å². The lowest BCUT2D eigenvalue weighted by Crippen LogP contribution is -2.56. The van der Waals surface area contributed by atoms with Crippen molar-refractivity contribution in [2.24, 2.45) is 0 Å². The average Bonchev–Trinajstić information content (AvgIpc) is 3.33. The van der Waals surface area contributed by atoms with Gasteiger partial charge in [0.25, 0.3) is 5.91 Å². The number of amides is 3. The zero-order valence-corrected chi connectivity index (χ0v) is 21.4. The number of aromatic nitrogens is 1. The van der Waals surface area contributed by atoms with Gasteiger partial charge in [0, 0.05) is 50.5 Å². The van der Waals surface area contributed by atoms with Crippen LogP contribution in [0, 0.1) is 0 Å². The van der Waals surface area contributed by atoms with Crippen LogP contribution in [0.2, 0.25) is 0 Å². The number of aliphatic hydroxyl groups is 1. The summed E-state index contributed by atoms with van der Waals surface area (Å²) < 4.78 is 11.8. The van der Waals surface area contributed by atoms with Gasteiger partial charge in [-0.1, -0.05) is 30.3 Å². The van der Waals surface area contributed by atoms with Crippen molar-refractivity contribution >= 4 is 31.2 Å². The summed E-state index contributed by atoms with van der Waals surface area (Å²) in [5, 5.41) is 21.6. The monoisotopic (exact) mass is 547 g/mol. The van der Waals surface area contributed by atoms with Gasteiger partial charge >= 0.3 is 13.7 Å². The second-order valence-electron chi connectivity index (χ2n) is 9.32. The van der Waals surface area contributed by atoms with E-state index in [4.69, 9.17) is 5.11 Å². The van der Waals surface area contributed by atoms with Crippen LogP contribution in [0.1, 0.15) is 16.9 Å². The minimum Gasteiger partial charge on any atom is -0.465 e. The molecule has 3 amide bonds. The number of hydrogen-bond acceptors (Lipinski definition) is 7. The molecule has 13 nitrogen and oxygen atoms in total. The van der Waals surface area contributed by atoms with Crippen LogP contribution in [-0.4, -0.2) is 110 Å². The Hall–Kier alpha value is -3.51. The molecule has 2 aliphatic rings. The second kappa shape index (κ2) is 11.5.